The summed E-state index contributed by atoms with van der Waals surface area (Å²) in [6.45, 7) is 1.06. The molecule has 2 heterocycles. The molecule has 7 nitrogen and oxygen atoms in total. The molecule has 1 aliphatic rings. The molecule has 0 saturated heterocycles. The van der Waals surface area contributed by atoms with Gasteiger partial charge in [0, 0.05) is 31.1 Å². The maximum Gasteiger partial charge on any atom is 0.315 e. The standard InChI is InChI=1S/C18H28N2O2.C5H6N2O/c21-18(22)11-6-4-2-1-3-5-8-16-9-7-10-17(20-16)19-14-15-12-13-15;1-8-5-6-3-2-4-7-5/h7,9-10,15H,1-6,8,11-14H2,(H,19,20)(H,21,22);2-4H,1H3. The minimum absolute atomic E-state index is 0.310. The minimum atomic E-state index is -0.679. The lowest BCUT2D eigenvalue weighted by Gasteiger charge is -2.07. The molecule has 0 aliphatic heterocycles. The fraction of sp³-hybridized carbons (Fsp3) is 0.565. The highest BCUT2D eigenvalue weighted by Crippen LogP contribution is 2.28. The van der Waals surface area contributed by atoms with Crippen LogP contribution in [0, 0.1) is 5.92 Å². The van der Waals surface area contributed by atoms with Crippen molar-refractivity contribution in [1.82, 2.24) is 15.0 Å². The topological polar surface area (TPSA) is 97.2 Å². The first kappa shape index (κ1) is 23.6. The second-order valence-electron chi connectivity index (χ2n) is 7.59. The van der Waals surface area contributed by atoms with Gasteiger partial charge in [0.2, 0.25) is 0 Å². The van der Waals surface area contributed by atoms with E-state index in [4.69, 9.17) is 9.84 Å². The van der Waals surface area contributed by atoms with E-state index in [-0.39, 0.29) is 0 Å². The Bertz CT molecular complexity index is 723. The molecular formula is C23H34N4O3. The van der Waals surface area contributed by atoms with E-state index < -0.39 is 5.97 Å². The van der Waals surface area contributed by atoms with Crippen molar-refractivity contribution in [3.8, 4) is 6.01 Å². The third-order valence-electron chi connectivity index (χ3n) is 4.87. The summed E-state index contributed by atoms with van der Waals surface area (Å²) in [6, 6.07) is 8.39. The number of aliphatic carboxylic acids is 1. The zero-order chi connectivity index (χ0) is 21.4. The van der Waals surface area contributed by atoms with Crippen LogP contribution in [-0.2, 0) is 11.2 Å². The van der Waals surface area contributed by atoms with Crippen LogP contribution in [0.3, 0.4) is 0 Å². The summed E-state index contributed by atoms with van der Waals surface area (Å²) in [5.41, 5.74) is 1.17. The maximum atomic E-state index is 10.4. The molecule has 30 heavy (non-hydrogen) atoms. The van der Waals surface area contributed by atoms with E-state index in [9.17, 15) is 4.79 Å². The number of pyridine rings is 1. The summed E-state index contributed by atoms with van der Waals surface area (Å²) in [5, 5.41) is 12.0. The molecule has 0 atom stereocenters. The molecule has 1 saturated carbocycles. The number of rotatable bonds is 13. The van der Waals surface area contributed by atoms with E-state index >= 15 is 0 Å². The number of nitrogens with one attached hydrogen (secondary N) is 1. The normalized spacial score (nSPS) is 12.6. The molecule has 0 aromatic carbocycles. The monoisotopic (exact) mass is 414 g/mol. The first-order valence-corrected chi connectivity index (χ1v) is 10.9. The van der Waals surface area contributed by atoms with E-state index in [0.29, 0.717) is 12.4 Å². The molecule has 0 radical (unpaired) electrons. The summed E-state index contributed by atoms with van der Waals surface area (Å²) in [6.07, 6.45) is 13.9. The average Bonchev–Trinajstić information content (AvgIpc) is 3.60. The maximum absolute atomic E-state index is 10.4. The SMILES string of the molecule is COc1ncccn1.O=C(O)CCCCCCCCc1cccc(NCC2CC2)n1. The Labute approximate surface area is 179 Å². The Kier molecular flexibility index (Phi) is 11.2. The van der Waals surface area contributed by atoms with Crippen molar-refractivity contribution in [1.29, 1.82) is 0 Å². The molecule has 164 valence electrons. The van der Waals surface area contributed by atoms with Crippen LogP contribution in [0.25, 0.3) is 0 Å². The Morgan fingerprint density at radius 2 is 1.77 bits per heavy atom. The molecule has 0 amide bonds. The van der Waals surface area contributed by atoms with Crippen LogP contribution >= 0.6 is 0 Å². The molecule has 2 N–H and O–H groups in total. The van der Waals surface area contributed by atoms with Gasteiger partial charge < -0.3 is 15.2 Å². The Morgan fingerprint density at radius 3 is 2.40 bits per heavy atom. The smallest absolute Gasteiger partial charge is 0.315 e. The van der Waals surface area contributed by atoms with Gasteiger partial charge in [0.05, 0.1) is 7.11 Å². The number of ether oxygens (including phenoxy) is 1. The molecule has 2 aromatic heterocycles. The van der Waals surface area contributed by atoms with Gasteiger partial charge in [-0.05, 0) is 56.2 Å². The van der Waals surface area contributed by atoms with Crippen molar-refractivity contribution in [3.63, 3.8) is 0 Å². The van der Waals surface area contributed by atoms with Gasteiger partial charge in [-0.1, -0.05) is 31.7 Å². The lowest BCUT2D eigenvalue weighted by Crippen LogP contribution is -2.05. The number of aryl methyl sites for hydroxylation is 1. The average molecular weight is 415 g/mol. The van der Waals surface area contributed by atoms with Gasteiger partial charge >= 0.3 is 12.0 Å². The number of hydrogen-bond donors (Lipinski definition) is 2. The summed E-state index contributed by atoms with van der Waals surface area (Å²) >= 11 is 0. The van der Waals surface area contributed by atoms with Crippen LogP contribution in [-0.4, -0.2) is 39.7 Å². The third kappa shape index (κ3) is 11.3. The molecule has 7 heteroatoms. The van der Waals surface area contributed by atoms with Crippen molar-refractivity contribution in [2.45, 2.75) is 64.2 Å². The second kappa shape index (κ2) is 14.3. The summed E-state index contributed by atoms with van der Waals surface area (Å²) in [5.74, 6) is 1.20. The molecule has 0 unspecified atom stereocenters. The van der Waals surface area contributed by atoms with E-state index in [1.807, 2.05) is 6.07 Å². The number of anilines is 1. The molecule has 0 bridgehead atoms. The van der Waals surface area contributed by atoms with Gasteiger partial charge in [-0.2, -0.15) is 0 Å². The number of carbonyl (C=O) groups is 1. The van der Waals surface area contributed by atoms with Crippen LogP contribution in [0.4, 0.5) is 5.82 Å². The third-order valence-corrected chi connectivity index (χ3v) is 4.87. The minimum Gasteiger partial charge on any atom is -0.481 e. The van der Waals surface area contributed by atoms with Crippen LogP contribution < -0.4 is 10.1 Å². The predicted molar refractivity (Wildman–Crippen MR) is 118 cm³/mol. The van der Waals surface area contributed by atoms with Crippen molar-refractivity contribution in [2.75, 3.05) is 19.0 Å². The first-order chi connectivity index (χ1) is 14.7. The van der Waals surface area contributed by atoms with Gasteiger partial charge in [0.25, 0.3) is 0 Å². The van der Waals surface area contributed by atoms with Crippen molar-refractivity contribution in [3.05, 3.63) is 42.4 Å². The van der Waals surface area contributed by atoms with E-state index in [2.05, 4.69) is 32.4 Å². The Hall–Kier alpha value is -2.70. The van der Waals surface area contributed by atoms with E-state index in [0.717, 1.165) is 50.4 Å². The zero-order valence-electron chi connectivity index (χ0n) is 17.9. The number of methoxy groups -OCH3 is 1. The van der Waals surface area contributed by atoms with Crippen LogP contribution in [0.5, 0.6) is 6.01 Å². The lowest BCUT2D eigenvalue weighted by molar-refractivity contribution is -0.137. The first-order valence-electron chi connectivity index (χ1n) is 10.9. The fourth-order valence-electron chi connectivity index (χ4n) is 2.97. The van der Waals surface area contributed by atoms with Crippen LogP contribution in [0.1, 0.15) is 63.5 Å². The highest BCUT2D eigenvalue weighted by atomic mass is 16.5. The second-order valence-corrected chi connectivity index (χ2v) is 7.59. The highest BCUT2D eigenvalue weighted by molar-refractivity contribution is 5.66. The van der Waals surface area contributed by atoms with Crippen molar-refractivity contribution < 1.29 is 14.6 Å². The number of unbranched alkanes of at least 4 members (excludes halogenated alkanes) is 5. The Balaban J connectivity index is 0.000000335. The van der Waals surface area contributed by atoms with Gasteiger partial charge in [-0.25, -0.2) is 15.0 Å². The highest BCUT2D eigenvalue weighted by Gasteiger charge is 2.20. The van der Waals surface area contributed by atoms with E-state index in [1.165, 1.54) is 38.5 Å². The number of nitrogens with zero attached hydrogens (tertiary/aromatic N) is 3. The molecule has 2 aromatic rings. The fourth-order valence-corrected chi connectivity index (χ4v) is 2.97. The van der Waals surface area contributed by atoms with Gasteiger partial charge in [-0.15, -0.1) is 0 Å². The predicted octanol–water partition coefficient (Wildman–Crippen LogP) is 4.75. The number of carboxylic acids is 1. The molecule has 1 fully saturated rings. The van der Waals surface area contributed by atoms with Gasteiger partial charge in [0.15, 0.2) is 0 Å². The molecule has 3 rings (SSSR count). The largest absolute Gasteiger partial charge is 0.481 e. The molecule has 0 spiro atoms. The van der Waals surface area contributed by atoms with Crippen molar-refractivity contribution in [2.24, 2.45) is 5.92 Å². The van der Waals surface area contributed by atoms with Gasteiger partial charge in [0.1, 0.15) is 5.82 Å². The zero-order valence-corrected chi connectivity index (χ0v) is 17.9. The number of hydrogen-bond acceptors (Lipinski definition) is 6. The van der Waals surface area contributed by atoms with Crippen molar-refractivity contribution >= 4 is 11.8 Å². The number of carboxylic acid groups (broad SMARTS) is 1. The summed E-state index contributed by atoms with van der Waals surface area (Å²) in [4.78, 5) is 22.6. The van der Waals surface area contributed by atoms with E-state index in [1.54, 1.807) is 18.5 Å². The molecular weight excluding hydrogens is 380 g/mol. The summed E-state index contributed by atoms with van der Waals surface area (Å²) < 4.78 is 4.69. The van der Waals surface area contributed by atoms with Crippen LogP contribution in [0.2, 0.25) is 0 Å². The molecule has 1 aliphatic carbocycles. The summed E-state index contributed by atoms with van der Waals surface area (Å²) in [7, 11) is 1.54. The van der Waals surface area contributed by atoms with Crippen LogP contribution in [0.15, 0.2) is 36.7 Å². The quantitative estimate of drug-likeness (QED) is 0.457. The lowest BCUT2D eigenvalue weighted by atomic mass is 10.1. The number of aromatic nitrogens is 3. The Morgan fingerprint density at radius 1 is 1.07 bits per heavy atom. The van der Waals surface area contributed by atoms with Gasteiger partial charge in [-0.3, -0.25) is 4.79 Å².